The van der Waals surface area contributed by atoms with Crippen molar-refractivity contribution in [3.8, 4) is 11.5 Å². The zero-order valence-electron chi connectivity index (χ0n) is 14.8. The minimum atomic E-state index is 0.211. The van der Waals surface area contributed by atoms with Crippen LogP contribution in [0, 0.1) is 0 Å². The van der Waals surface area contributed by atoms with Gasteiger partial charge in [0, 0.05) is 24.1 Å². The molecule has 132 valence electrons. The highest BCUT2D eigenvalue weighted by Crippen LogP contribution is 2.35. The molecule has 2 aromatic carbocycles. The highest BCUT2D eigenvalue weighted by atomic mass is 16.5. The molecule has 5 heteroatoms. The highest BCUT2D eigenvalue weighted by Gasteiger charge is 2.21. The van der Waals surface area contributed by atoms with Gasteiger partial charge in [0.1, 0.15) is 17.6 Å². The molecule has 5 nitrogen and oxygen atoms in total. The predicted molar refractivity (Wildman–Crippen MR) is 100 cm³/mol. The third kappa shape index (κ3) is 4.44. The molecule has 0 radical (unpaired) electrons. The Morgan fingerprint density at radius 2 is 2.12 bits per heavy atom. The Hall–Kier alpha value is -2.69. The summed E-state index contributed by atoms with van der Waals surface area (Å²) < 4.78 is 11.3. The number of aliphatic imine (C=N–C) groups is 1. The number of guanidine groups is 1. The number of hydrogen-bond acceptors (Lipinski definition) is 3. The van der Waals surface area contributed by atoms with E-state index in [4.69, 9.17) is 15.2 Å². The summed E-state index contributed by atoms with van der Waals surface area (Å²) in [5.74, 6) is 2.19. The number of hydrogen-bond donors (Lipinski definition) is 2. The van der Waals surface area contributed by atoms with Gasteiger partial charge in [0.15, 0.2) is 5.96 Å². The number of fused-ring (bicyclic) bond motifs is 1. The molecule has 1 heterocycles. The first kappa shape index (κ1) is 17.1. The van der Waals surface area contributed by atoms with Gasteiger partial charge in [0.25, 0.3) is 0 Å². The number of benzene rings is 2. The Morgan fingerprint density at radius 3 is 2.88 bits per heavy atom. The number of nitrogens with two attached hydrogens (primary N) is 1. The van der Waals surface area contributed by atoms with Gasteiger partial charge in [0.05, 0.1) is 13.7 Å². The lowest BCUT2D eigenvalue weighted by Gasteiger charge is -2.10. The third-order valence-electron chi connectivity index (χ3n) is 4.28. The molecule has 0 amide bonds. The van der Waals surface area contributed by atoms with Crippen LogP contribution < -0.4 is 20.5 Å². The van der Waals surface area contributed by atoms with Crippen LogP contribution in [0.15, 0.2) is 47.5 Å². The minimum Gasteiger partial charge on any atom is -0.496 e. The third-order valence-corrected chi connectivity index (χ3v) is 4.28. The Morgan fingerprint density at radius 1 is 1.32 bits per heavy atom. The molecule has 25 heavy (non-hydrogen) atoms. The number of ether oxygens (including phenoxy) is 2. The fourth-order valence-electron chi connectivity index (χ4n) is 3.00. The number of nitrogens with zero attached hydrogens (tertiary/aromatic N) is 1. The molecule has 2 aromatic rings. The monoisotopic (exact) mass is 339 g/mol. The van der Waals surface area contributed by atoms with E-state index in [1.807, 2.05) is 30.3 Å². The Balaban J connectivity index is 1.58. The first-order valence-corrected chi connectivity index (χ1v) is 8.60. The van der Waals surface area contributed by atoms with Gasteiger partial charge in [-0.2, -0.15) is 0 Å². The predicted octanol–water partition coefficient (Wildman–Crippen LogP) is 2.67. The molecule has 3 N–H and O–H groups in total. The maximum atomic E-state index is 5.98. The molecule has 1 unspecified atom stereocenters. The minimum absolute atomic E-state index is 0.211. The first-order chi connectivity index (χ1) is 12.2. The molecule has 1 atom stereocenters. The van der Waals surface area contributed by atoms with Gasteiger partial charge in [0.2, 0.25) is 0 Å². The van der Waals surface area contributed by atoms with E-state index in [1.54, 1.807) is 7.11 Å². The van der Waals surface area contributed by atoms with E-state index in [0.717, 1.165) is 36.4 Å². The van der Waals surface area contributed by atoms with Crippen molar-refractivity contribution in [3.05, 3.63) is 59.2 Å². The molecule has 3 rings (SSSR count). The SMILES string of the molecule is COc1cc2c(cc1CN=C(N)NCCc1ccccc1)OC(C)C2. The molecule has 0 saturated carbocycles. The smallest absolute Gasteiger partial charge is 0.188 e. The fraction of sp³-hybridized carbons (Fsp3) is 0.350. The van der Waals surface area contributed by atoms with Gasteiger partial charge in [-0.1, -0.05) is 30.3 Å². The van der Waals surface area contributed by atoms with E-state index in [0.29, 0.717) is 12.5 Å². The van der Waals surface area contributed by atoms with Crippen molar-refractivity contribution in [3.63, 3.8) is 0 Å². The van der Waals surface area contributed by atoms with Crippen molar-refractivity contribution in [2.75, 3.05) is 13.7 Å². The zero-order valence-corrected chi connectivity index (χ0v) is 14.8. The van der Waals surface area contributed by atoms with Crippen molar-refractivity contribution < 1.29 is 9.47 Å². The van der Waals surface area contributed by atoms with Crippen LogP contribution in [0.4, 0.5) is 0 Å². The first-order valence-electron chi connectivity index (χ1n) is 8.60. The van der Waals surface area contributed by atoms with Crippen LogP contribution in [-0.4, -0.2) is 25.7 Å². The fourth-order valence-corrected chi connectivity index (χ4v) is 3.00. The maximum Gasteiger partial charge on any atom is 0.188 e. The van der Waals surface area contributed by atoms with Crippen molar-refractivity contribution in [2.45, 2.75) is 32.4 Å². The van der Waals surface area contributed by atoms with Crippen molar-refractivity contribution in [1.29, 1.82) is 0 Å². The topological polar surface area (TPSA) is 68.9 Å². The Labute approximate surface area is 148 Å². The number of nitrogens with one attached hydrogen (secondary N) is 1. The molecule has 0 saturated heterocycles. The lowest BCUT2D eigenvalue weighted by atomic mass is 10.1. The van der Waals surface area contributed by atoms with Crippen molar-refractivity contribution in [2.24, 2.45) is 10.7 Å². The van der Waals surface area contributed by atoms with E-state index >= 15 is 0 Å². The molecule has 0 bridgehead atoms. The summed E-state index contributed by atoms with van der Waals surface area (Å²) in [5, 5.41) is 3.15. The van der Waals surface area contributed by atoms with Gasteiger partial charge in [-0.3, -0.25) is 0 Å². The number of rotatable bonds is 6. The van der Waals surface area contributed by atoms with E-state index in [2.05, 4.69) is 29.4 Å². The van der Waals surface area contributed by atoms with E-state index in [-0.39, 0.29) is 6.10 Å². The summed E-state index contributed by atoms with van der Waals surface area (Å²) in [4.78, 5) is 4.43. The van der Waals surface area contributed by atoms with Crippen LogP contribution in [0.1, 0.15) is 23.6 Å². The second-order valence-corrected chi connectivity index (χ2v) is 6.27. The molecule has 1 aliphatic rings. The van der Waals surface area contributed by atoms with E-state index in [9.17, 15) is 0 Å². The average Bonchev–Trinajstić information content (AvgIpc) is 2.98. The maximum absolute atomic E-state index is 5.98. The molecule has 0 aromatic heterocycles. The van der Waals surface area contributed by atoms with Crippen LogP contribution in [0.5, 0.6) is 11.5 Å². The van der Waals surface area contributed by atoms with Crippen LogP contribution in [0.2, 0.25) is 0 Å². The molecular formula is C20H25N3O2. The van der Waals surface area contributed by atoms with Gasteiger partial charge in [-0.15, -0.1) is 0 Å². The summed E-state index contributed by atoms with van der Waals surface area (Å²) in [6.07, 6.45) is 2.03. The summed E-state index contributed by atoms with van der Waals surface area (Å²) >= 11 is 0. The quantitative estimate of drug-likeness (QED) is 0.627. The normalized spacial score (nSPS) is 16.2. The van der Waals surface area contributed by atoms with Crippen molar-refractivity contribution in [1.82, 2.24) is 5.32 Å². The van der Waals surface area contributed by atoms with Gasteiger partial charge in [-0.25, -0.2) is 4.99 Å². The van der Waals surface area contributed by atoms with Crippen LogP contribution in [0.3, 0.4) is 0 Å². The lowest BCUT2D eigenvalue weighted by Crippen LogP contribution is -2.33. The summed E-state index contributed by atoms with van der Waals surface area (Å²) in [6, 6.07) is 14.4. The summed E-state index contributed by atoms with van der Waals surface area (Å²) in [7, 11) is 1.68. The zero-order chi connectivity index (χ0) is 17.6. The number of methoxy groups -OCH3 is 1. The van der Waals surface area contributed by atoms with Crippen LogP contribution in [-0.2, 0) is 19.4 Å². The van der Waals surface area contributed by atoms with E-state index < -0.39 is 0 Å². The standard InChI is InChI=1S/C20H25N3O2/c1-14-10-16-11-18(24-2)17(12-19(16)25-14)13-23-20(21)22-9-8-15-6-4-3-5-7-15/h3-7,11-12,14H,8-10,13H2,1-2H3,(H3,21,22,23). The second kappa shape index (κ2) is 7.92. The van der Waals surface area contributed by atoms with E-state index in [1.165, 1.54) is 11.1 Å². The molecule has 1 aliphatic heterocycles. The summed E-state index contributed by atoms with van der Waals surface area (Å²) in [6.45, 7) is 3.28. The Bertz CT molecular complexity index is 744. The van der Waals surface area contributed by atoms with Gasteiger partial charge in [-0.05, 0) is 31.0 Å². The molecular weight excluding hydrogens is 314 g/mol. The van der Waals surface area contributed by atoms with Gasteiger partial charge >= 0.3 is 0 Å². The second-order valence-electron chi connectivity index (χ2n) is 6.27. The van der Waals surface area contributed by atoms with Crippen LogP contribution >= 0.6 is 0 Å². The lowest BCUT2D eigenvalue weighted by molar-refractivity contribution is 0.254. The Kier molecular flexibility index (Phi) is 5.43. The largest absolute Gasteiger partial charge is 0.496 e. The highest BCUT2D eigenvalue weighted by molar-refractivity contribution is 5.77. The molecule has 0 fully saturated rings. The van der Waals surface area contributed by atoms with Gasteiger partial charge < -0.3 is 20.5 Å². The van der Waals surface area contributed by atoms with Crippen molar-refractivity contribution >= 4 is 5.96 Å². The molecule has 0 aliphatic carbocycles. The summed E-state index contributed by atoms with van der Waals surface area (Å²) in [5.41, 5.74) is 9.41. The molecule has 0 spiro atoms. The van der Waals surface area contributed by atoms with Crippen LogP contribution in [0.25, 0.3) is 0 Å². The average molecular weight is 339 g/mol.